The largest absolute Gasteiger partial charge is 0.305 e. The number of hydrogen-bond donors (Lipinski definition) is 0. The van der Waals surface area contributed by atoms with E-state index in [2.05, 4.69) is 117 Å². The van der Waals surface area contributed by atoms with E-state index in [1.165, 1.54) is 0 Å². The summed E-state index contributed by atoms with van der Waals surface area (Å²) in [6.07, 6.45) is 0. The van der Waals surface area contributed by atoms with Crippen molar-refractivity contribution in [3.05, 3.63) is 224 Å². The van der Waals surface area contributed by atoms with Gasteiger partial charge in [0, 0.05) is 60.3 Å². The topological polar surface area (TPSA) is 92.1 Å². The summed E-state index contributed by atoms with van der Waals surface area (Å²) in [6.45, 7) is 0. The second kappa shape index (κ2) is 15.5. The number of aromatic nitrogens is 9. The Kier molecular flexibility index (Phi) is 8.68. The molecule has 9 aromatic carbocycles. The second-order valence-corrected chi connectivity index (χ2v) is 17.1. The molecular weight excluding hydrogens is 847 g/mol. The zero-order valence-electron chi connectivity index (χ0n) is 36.9. The molecule has 0 unspecified atom stereocenters. The highest BCUT2D eigenvalue weighted by Gasteiger charge is 2.27. The third kappa shape index (κ3) is 6.11. The molecule has 69 heavy (non-hydrogen) atoms. The Morgan fingerprint density at radius 1 is 0.217 bits per heavy atom. The van der Waals surface area contributed by atoms with Crippen LogP contribution in [0.3, 0.4) is 0 Å². The van der Waals surface area contributed by atoms with Crippen molar-refractivity contribution in [1.82, 2.24) is 43.6 Å². The van der Waals surface area contributed by atoms with Crippen molar-refractivity contribution in [1.29, 1.82) is 0 Å². The maximum Gasteiger partial charge on any atom is 0.238 e. The molecule has 14 aromatic rings. The highest BCUT2D eigenvalue weighted by atomic mass is 15.2. The maximum atomic E-state index is 5.34. The van der Waals surface area contributed by atoms with Crippen molar-refractivity contribution in [2.45, 2.75) is 0 Å². The van der Waals surface area contributed by atoms with Gasteiger partial charge in [-0.25, -0.2) is 9.97 Å². The third-order valence-electron chi connectivity index (χ3n) is 13.1. The molecule has 0 saturated heterocycles. The Morgan fingerprint density at radius 3 is 0.841 bits per heavy atom. The van der Waals surface area contributed by atoms with Crippen LogP contribution in [0.2, 0.25) is 0 Å². The van der Waals surface area contributed by atoms with Crippen LogP contribution in [0.25, 0.3) is 129 Å². The van der Waals surface area contributed by atoms with Crippen LogP contribution in [0.5, 0.6) is 0 Å². The van der Waals surface area contributed by atoms with Crippen LogP contribution in [-0.2, 0) is 0 Å². The summed E-state index contributed by atoms with van der Waals surface area (Å²) in [7, 11) is 0. The monoisotopic (exact) mass is 883 g/mol. The predicted octanol–water partition coefficient (Wildman–Crippen LogP) is 14.0. The summed E-state index contributed by atoms with van der Waals surface area (Å²) in [5, 5.41) is 6.50. The van der Waals surface area contributed by atoms with Crippen LogP contribution >= 0.6 is 0 Å². The molecule has 9 heteroatoms. The van der Waals surface area contributed by atoms with Gasteiger partial charge < -0.3 is 4.57 Å². The quantitative estimate of drug-likeness (QED) is 0.158. The Morgan fingerprint density at radius 2 is 0.493 bits per heavy atom. The molecular formula is C60H37N9. The van der Waals surface area contributed by atoms with E-state index in [4.69, 9.17) is 29.9 Å². The summed E-state index contributed by atoms with van der Waals surface area (Å²) in [6, 6.07) is 77.4. The first-order chi connectivity index (χ1) is 34.2. The number of hydrogen-bond acceptors (Lipinski definition) is 6. The number of fused-ring (bicyclic) bond motifs is 11. The van der Waals surface area contributed by atoms with Gasteiger partial charge in [-0.05, 0) is 24.3 Å². The molecule has 0 atom stereocenters. The molecule has 0 amide bonds. The van der Waals surface area contributed by atoms with Gasteiger partial charge in [-0.1, -0.05) is 200 Å². The van der Waals surface area contributed by atoms with Gasteiger partial charge in [-0.2, -0.15) is 19.9 Å². The fourth-order valence-corrected chi connectivity index (χ4v) is 10.1. The normalized spacial score (nSPS) is 11.8. The highest BCUT2D eigenvalue weighted by molar-refractivity contribution is 6.28. The van der Waals surface area contributed by atoms with E-state index in [0.29, 0.717) is 35.2 Å². The molecule has 0 aliphatic carbocycles. The van der Waals surface area contributed by atoms with Crippen LogP contribution in [-0.4, -0.2) is 43.6 Å². The van der Waals surface area contributed by atoms with Gasteiger partial charge >= 0.3 is 0 Å². The summed E-state index contributed by atoms with van der Waals surface area (Å²) in [4.78, 5) is 31.5. The van der Waals surface area contributed by atoms with Crippen molar-refractivity contribution in [3.8, 4) is 63.1 Å². The lowest BCUT2D eigenvalue weighted by molar-refractivity contribution is 0.952. The zero-order chi connectivity index (χ0) is 45.4. The van der Waals surface area contributed by atoms with Crippen molar-refractivity contribution in [2.75, 3.05) is 0 Å². The lowest BCUT2D eigenvalue weighted by atomic mass is 10.1. The van der Waals surface area contributed by atoms with Crippen molar-refractivity contribution in [3.63, 3.8) is 0 Å². The fraction of sp³-hybridized carbons (Fsp3) is 0. The van der Waals surface area contributed by atoms with Gasteiger partial charge in [0.2, 0.25) is 11.9 Å². The average Bonchev–Trinajstić information content (AvgIpc) is 4.08. The molecule has 0 bridgehead atoms. The SMILES string of the molecule is c1ccc(-c2nc(-c3ccccc3)nc(-n3c4ccccc4c4ccc5c6ccc7c8ccccc8n(-c8nc(-c9ccccc9)nc(-c9ccccc9)n8)c7c6n(-c6ccccc6)c5c43)n2)cc1. The van der Waals surface area contributed by atoms with Crippen molar-refractivity contribution in [2.24, 2.45) is 0 Å². The van der Waals surface area contributed by atoms with Crippen molar-refractivity contribution >= 4 is 65.4 Å². The van der Waals surface area contributed by atoms with Gasteiger partial charge in [0.05, 0.1) is 33.1 Å². The Hall–Kier alpha value is -9.60. The van der Waals surface area contributed by atoms with E-state index in [9.17, 15) is 0 Å². The molecule has 0 aliphatic heterocycles. The van der Waals surface area contributed by atoms with E-state index in [-0.39, 0.29) is 0 Å². The molecule has 0 saturated carbocycles. The van der Waals surface area contributed by atoms with Gasteiger partial charge in [-0.3, -0.25) is 9.13 Å². The Bertz CT molecular complexity index is 3900. The van der Waals surface area contributed by atoms with E-state index in [1.54, 1.807) is 0 Å². The average molecular weight is 884 g/mol. The highest BCUT2D eigenvalue weighted by Crippen LogP contribution is 2.45. The number of rotatable bonds is 7. The minimum Gasteiger partial charge on any atom is -0.305 e. The number of nitrogens with zero attached hydrogens (tertiary/aromatic N) is 9. The summed E-state index contributed by atoms with van der Waals surface area (Å²) < 4.78 is 6.90. The lowest BCUT2D eigenvalue weighted by Crippen LogP contribution is -2.08. The molecule has 5 aromatic heterocycles. The molecule has 9 nitrogen and oxygen atoms in total. The molecule has 322 valence electrons. The predicted molar refractivity (Wildman–Crippen MR) is 278 cm³/mol. The van der Waals surface area contributed by atoms with Crippen LogP contribution in [0.4, 0.5) is 0 Å². The summed E-state index contributed by atoms with van der Waals surface area (Å²) >= 11 is 0. The number of para-hydroxylation sites is 3. The van der Waals surface area contributed by atoms with E-state index in [0.717, 1.165) is 93.4 Å². The minimum atomic E-state index is 0.526. The van der Waals surface area contributed by atoms with E-state index in [1.807, 2.05) is 121 Å². The minimum absolute atomic E-state index is 0.526. The fourth-order valence-electron chi connectivity index (χ4n) is 10.1. The summed E-state index contributed by atoms with van der Waals surface area (Å²) in [5.41, 5.74) is 10.6. The molecule has 5 heterocycles. The third-order valence-corrected chi connectivity index (χ3v) is 13.1. The lowest BCUT2D eigenvalue weighted by Gasteiger charge is -2.14. The molecule has 0 radical (unpaired) electrons. The summed E-state index contributed by atoms with van der Waals surface area (Å²) in [5.74, 6) is 3.42. The smallest absolute Gasteiger partial charge is 0.238 e. The molecule has 0 fully saturated rings. The van der Waals surface area contributed by atoms with Crippen LogP contribution < -0.4 is 0 Å². The van der Waals surface area contributed by atoms with E-state index < -0.39 is 0 Å². The first-order valence-electron chi connectivity index (χ1n) is 23.0. The molecule has 0 N–H and O–H groups in total. The number of benzene rings is 9. The Balaban J connectivity index is 1.16. The zero-order valence-corrected chi connectivity index (χ0v) is 36.9. The second-order valence-electron chi connectivity index (χ2n) is 17.1. The van der Waals surface area contributed by atoms with Gasteiger partial charge in [0.15, 0.2) is 23.3 Å². The Labute approximate surface area is 394 Å². The standard InChI is InChI=1S/C60H37N9/c1-6-20-38(21-7-1)55-61-56(39-22-8-2-9-23-39)64-59(63-55)68-49-32-18-16-30-43(49)45-34-36-47-48-37-35-46-44-31-17-19-33-50(44)69(54(46)52(48)67(51(47)53(45)68)42-28-14-5-15-29-42)60-65-57(40-24-10-3-11-25-40)62-58(66-60)41-26-12-4-13-27-41/h1-37H. The van der Waals surface area contributed by atoms with E-state index >= 15 is 0 Å². The molecule has 14 rings (SSSR count). The van der Waals surface area contributed by atoms with Crippen LogP contribution in [0, 0.1) is 0 Å². The molecule has 0 spiro atoms. The van der Waals surface area contributed by atoms with Crippen LogP contribution in [0.15, 0.2) is 224 Å². The van der Waals surface area contributed by atoms with Gasteiger partial charge in [0.25, 0.3) is 0 Å². The first kappa shape index (κ1) is 38.6. The van der Waals surface area contributed by atoms with Gasteiger partial charge in [0.1, 0.15) is 0 Å². The first-order valence-corrected chi connectivity index (χ1v) is 23.0. The maximum absolute atomic E-state index is 5.34. The van der Waals surface area contributed by atoms with Crippen LogP contribution in [0.1, 0.15) is 0 Å². The molecule has 0 aliphatic rings. The van der Waals surface area contributed by atoms with Gasteiger partial charge in [-0.15, -0.1) is 0 Å². The van der Waals surface area contributed by atoms with Crippen molar-refractivity contribution < 1.29 is 0 Å².